The Morgan fingerprint density at radius 2 is 1.52 bits per heavy atom. The molecular formula is C23H18FN. The number of aromatic nitrogens is 1. The Kier molecular flexibility index (Phi) is 3.30. The predicted octanol–water partition coefficient (Wildman–Crippen LogP) is 6.07. The van der Waals surface area contributed by atoms with Gasteiger partial charge < -0.3 is 0 Å². The maximum atomic E-state index is 13.3. The second-order valence-corrected chi connectivity index (χ2v) is 6.81. The minimum atomic E-state index is -0.204. The van der Waals surface area contributed by atoms with Crippen molar-refractivity contribution in [3.8, 4) is 11.3 Å². The monoisotopic (exact) mass is 327 g/mol. The third-order valence-electron chi connectivity index (χ3n) is 5.31. The van der Waals surface area contributed by atoms with Gasteiger partial charge in [0.1, 0.15) is 5.82 Å². The van der Waals surface area contributed by atoms with E-state index in [2.05, 4.69) is 36.4 Å². The van der Waals surface area contributed by atoms with Gasteiger partial charge in [0.05, 0.1) is 11.2 Å². The van der Waals surface area contributed by atoms with E-state index in [-0.39, 0.29) is 5.82 Å². The summed E-state index contributed by atoms with van der Waals surface area (Å²) in [5.74, 6) is -0.204. The van der Waals surface area contributed by atoms with E-state index < -0.39 is 0 Å². The first-order valence-electron chi connectivity index (χ1n) is 8.90. The smallest absolute Gasteiger partial charge is 0.123 e. The molecule has 4 aromatic rings. The van der Waals surface area contributed by atoms with E-state index >= 15 is 0 Å². The van der Waals surface area contributed by atoms with E-state index in [1.807, 2.05) is 12.1 Å². The number of benzene rings is 3. The van der Waals surface area contributed by atoms with Crippen LogP contribution < -0.4 is 0 Å². The highest BCUT2D eigenvalue weighted by atomic mass is 19.1. The molecule has 122 valence electrons. The third kappa shape index (κ3) is 2.32. The fourth-order valence-corrected chi connectivity index (χ4v) is 4.15. The van der Waals surface area contributed by atoms with E-state index in [0.29, 0.717) is 0 Å². The number of halogens is 1. The largest absolute Gasteiger partial charge is 0.247 e. The van der Waals surface area contributed by atoms with E-state index in [0.717, 1.165) is 29.6 Å². The lowest BCUT2D eigenvalue weighted by Crippen LogP contribution is -2.08. The van der Waals surface area contributed by atoms with Crippen molar-refractivity contribution in [2.45, 2.75) is 25.7 Å². The van der Waals surface area contributed by atoms with Crippen molar-refractivity contribution < 1.29 is 4.39 Å². The predicted molar refractivity (Wildman–Crippen MR) is 101 cm³/mol. The SMILES string of the molecule is Fc1ccc(-c2nc3ccc4ccccc4c3c3c2CCCC3)cc1. The van der Waals surface area contributed by atoms with Gasteiger partial charge in [0.25, 0.3) is 0 Å². The van der Waals surface area contributed by atoms with Gasteiger partial charge in [-0.15, -0.1) is 0 Å². The maximum absolute atomic E-state index is 13.3. The molecule has 0 bridgehead atoms. The van der Waals surface area contributed by atoms with Crippen LogP contribution in [0.25, 0.3) is 32.9 Å². The van der Waals surface area contributed by atoms with E-state index in [1.165, 1.54) is 52.3 Å². The first-order chi connectivity index (χ1) is 12.3. The van der Waals surface area contributed by atoms with E-state index in [9.17, 15) is 4.39 Å². The molecule has 0 N–H and O–H groups in total. The molecule has 0 aliphatic heterocycles. The normalized spacial score (nSPS) is 14.0. The number of rotatable bonds is 1. The van der Waals surface area contributed by atoms with Crippen molar-refractivity contribution >= 4 is 21.7 Å². The zero-order chi connectivity index (χ0) is 16.8. The summed E-state index contributed by atoms with van der Waals surface area (Å²) in [4.78, 5) is 5.02. The molecule has 0 saturated heterocycles. The quantitative estimate of drug-likeness (QED) is 0.386. The van der Waals surface area contributed by atoms with Crippen LogP contribution in [0.1, 0.15) is 24.0 Å². The van der Waals surface area contributed by atoms with Crippen molar-refractivity contribution in [1.29, 1.82) is 0 Å². The fourth-order valence-electron chi connectivity index (χ4n) is 4.15. The highest BCUT2D eigenvalue weighted by Crippen LogP contribution is 2.38. The average molecular weight is 327 g/mol. The van der Waals surface area contributed by atoms with E-state index in [4.69, 9.17) is 4.98 Å². The summed E-state index contributed by atoms with van der Waals surface area (Å²) in [6, 6.07) is 19.6. The Bertz CT molecular complexity index is 1100. The van der Waals surface area contributed by atoms with Gasteiger partial charge in [-0.25, -0.2) is 9.37 Å². The summed E-state index contributed by atoms with van der Waals surface area (Å²) in [6.45, 7) is 0. The molecule has 1 aromatic heterocycles. The molecule has 0 fully saturated rings. The third-order valence-corrected chi connectivity index (χ3v) is 5.31. The van der Waals surface area contributed by atoms with E-state index in [1.54, 1.807) is 0 Å². The molecule has 3 aromatic carbocycles. The van der Waals surface area contributed by atoms with Gasteiger partial charge >= 0.3 is 0 Å². The first-order valence-corrected chi connectivity index (χ1v) is 8.90. The highest BCUT2D eigenvalue weighted by Gasteiger charge is 2.20. The second-order valence-electron chi connectivity index (χ2n) is 6.81. The molecule has 5 rings (SSSR count). The van der Waals surface area contributed by atoms with Crippen LogP contribution in [-0.4, -0.2) is 4.98 Å². The molecule has 1 aliphatic carbocycles. The number of hydrogen-bond acceptors (Lipinski definition) is 1. The maximum Gasteiger partial charge on any atom is 0.123 e. The highest BCUT2D eigenvalue weighted by molar-refractivity contribution is 6.09. The van der Waals surface area contributed by atoms with Gasteiger partial charge in [-0.05, 0) is 77.9 Å². The zero-order valence-electron chi connectivity index (χ0n) is 13.9. The molecule has 0 spiro atoms. The van der Waals surface area contributed by atoms with Crippen molar-refractivity contribution in [2.75, 3.05) is 0 Å². The van der Waals surface area contributed by atoms with Gasteiger partial charge in [0.2, 0.25) is 0 Å². The van der Waals surface area contributed by atoms with Gasteiger partial charge in [-0.3, -0.25) is 0 Å². The molecule has 0 saturated carbocycles. The first kappa shape index (κ1) is 14.6. The number of hydrogen-bond donors (Lipinski definition) is 0. The molecule has 2 heteroatoms. The molecule has 1 aliphatic rings. The van der Waals surface area contributed by atoms with Crippen LogP contribution in [0.4, 0.5) is 4.39 Å². The van der Waals surface area contributed by atoms with Crippen LogP contribution in [0.5, 0.6) is 0 Å². The zero-order valence-corrected chi connectivity index (χ0v) is 13.9. The van der Waals surface area contributed by atoms with Crippen molar-refractivity contribution in [2.24, 2.45) is 0 Å². The van der Waals surface area contributed by atoms with Crippen molar-refractivity contribution in [3.63, 3.8) is 0 Å². The summed E-state index contributed by atoms with van der Waals surface area (Å²) in [5.41, 5.74) is 5.86. The molecule has 0 radical (unpaired) electrons. The molecule has 1 nitrogen and oxygen atoms in total. The summed E-state index contributed by atoms with van der Waals surface area (Å²) in [7, 11) is 0. The molecule has 0 amide bonds. The van der Waals surface area contributed by atoms with Gasteiger partial charge in [0.15, 0.2) is 0 Å². The Balaban J connectivity index is 1.89. The molecule has 0 unspecified atom stereocenters. The van der Waals surface area contributed by atoms with Gasteiger partial charge in [0, 0.05) is 10.9 Å². The Morgan fingerprint density at radius 1 is 0.760 bits per heavy atom. The standard InChI is InChI=1S/C23H18FN/c24-17-12-9-16(10-13-17)23-20-8-4-3-7-19(20)22-18-6-2-1-5-15(18)11-14-21(22)25-23/h1-2,5-6,9-14H,3-4,7-8H2. The van der Waals surface area contributed by atoms with Gasteiger partial charge in [-0.2, -0.15) is 0 Å². The topological polar surface area (TPSA) is 12.9 Å². The van der Waals surface area contributed by atoms with Crippen LogP contribution in [0.15, 0.2) is 60.7 Å². The molecular weight excluding hydrogens is 309 g/mol. The summed E-state index contributed by atoms with van der Waals surface area (Å²) < 4.78 is 13.3. The van der Waals surface area contributed by atoms with Gasteiger partial charge in [-0.1, -0.05) is 30.3 Å². The Labute approximate surface area is 146 Å². The summed E-state index contributed by atoms with van der Waals surface area (Å²) in [5, 5.41) is 3.86. The lowest BCUT2D eigenvalue weighted by molar-refractivity contribution is 0.628. The lowest BCUT2D eigenvalue weighted by Gasteiger charge is -2.22. The summed E-state index contributed by atoms with van der Waals surface area (Å²) >= 11 is 0. The Morgan fingerprint density at radius 3 is 2.36 bits per heavy atom. The lowest BCUT2D eigenvalue weighted by atomic mass is 9.85. The van der Waals surface area contributed by atoms with Crippen LogP contribution >= 0.6 is 0 Å². The second kappa shape index (κ2) is 5.66. The molecule has 25 heavy (non-hydrogen) atoms. The molecule has 1 heterocycles. The number of fused-ring (bicyclic) bond motifs is 5. The van der Waals surface area contributed by atoms with Crippen LogP contribution in [0, 0.1) is 5.82 Å². The van der Waals surface area contributed by atoms with Crippen LogP contribution in [-0.2, 0) is 12.8 Å². The minimum Gasteiger partial charge on any atom is -0.247 e. The van der Waals surface area contributed by atoms with Crippen LogP contribution in [0.2, 0.25) is 0 Å². The summed E-state index contributed by atoms with van der Waals surface area (Å²) in [6.07, 6.45) is 4.56. The number of nitrogens with zero attached hydrogens (tertiary/aromatic N) is 1. The number of pyridine rings is 1. The van der Waals surface area contributed by atoms with Crippen molar-refractivity contribution in [1.82, 2.24) is 4.98 Å². The minimum absolute atomic E-state index is 0.204. The number of aryl methyl sites for hydroxylation is 1. The molecule has 0 atom stereocenters. The Hall–Kier alpha value is -2.74. The average Bonchev–Trinajstić information content (AvgIpc) is 2.67. The van der Waals surface area contributed by atoms with Crippen LogP contribution in [0.3, 0.4) is 0 Å². The fraction of sp³-hybridized carbons (Fsp3) is 0.174. The van der Waals surface area contributed by atoms with Crippen molar-refractivity contribution in [3.05, 3.63) is 77.6 Å².